The number of Topliss-reactive ketones (excluding diaryl/α,β-unsaturated/α-hetero) is 1. The largest absolute Gasteiger partial charge is 0.462 e. The van der Waals surface area contributed by atoms with Gasteiger partial charge in [0.05, 0.1) is 0 Å². The lowest BCUT2D eigenvalue weighted by atomic mass is 9.84. The lowest BCUT2D eigenvalue weighted by molar-refractivity contribution is -0.164. The fraction of sp³-hybridized carbons (Fsp3) is 0.727. The second kappa shape index (κ2) is 4.69. The first-order valence-electron chi connectivity index (χ1n) is 4.69. The molecule has 0 atom stereocenters. The Morgan fingerprint density at radius 1 is 1.27 bits per heavy atom. The highest BCUT2D eigenvalue weighted by Crippen LogP contribution is 2.24. The van der Waals surface area contributed by atoms with E-state index in [-0.39, 0.29) is 0 Å². The van der Waals surface area contributed by atoms with E-state index in [4.69, 9.17) is 0 Å². The number of carbonyl (C=O) groups excluding carboxylic acids is 1. The van der Waals surface area contributed by atoms with Gasteiger partial charge in [-0.25, -0.2) is 0 Å². The van der Waals surface area contributed by atoms with Gasteiger partial charge in [0, 0.05) is 5.41 Å². The summed E-state index contributed by atoms with van der Waals surface area (Å²) in [6.07, 6.45) is -4.19. The summed E-state index contributed by atoms with van der Waals surface area (Å²) in [5.41, 5.74) is -0.560. The quantitative estimate of drug-likeness (QED) is 0.516. The Balaban J connectivity index is 4.59. The second-order valence-electron chi connectivity index (χ2n) is 4.56. The fourth-order valence-electron chi connectivity index (χ4n) is 1.37. The van der Waals surface area contributed by atoms with Crippen molar-refractivity contribution >= 4 is 5.78 Å². The molecular weight excluding hydrogens is 205 g/mol. The van der Waals surface area contributed by atoms with Crippen LogP contribution in [0.15, 0.2) is 0 Å². The molecule has 0 N–H and O–H groups in total. The van der Waals surface area contributed by atoms with Crippen LogP contribution >= 0.6 is 0 Å². The third-order valence-corrected chi connectivity index (χ3v) is 1.69. The van der Waals surface area contributed by atoms with Gasteiger partial charge in [-0.1, -0.05) is 19.8 Å². The van der Waals surface area contributed by atoms with Crippen molar-refractivity contribution in [2.75, 3.05) is 0 Å². The summed E-state index contributed by atoms with van der Waals surface area (Å²) in [7, 11) is 0. The number of hydrogen-bond donors (Lipinski definition) is 0. The minimum atomic E-state index is -4.85. The van der Waals surface area contributed by atoms with Gasteiger partial charge in [0.15, 0.2) is 0 Å². The average molecular weight is 220 g/mol. The van der Waals surface area contributed by atoms with Crippen molar-refractivity contribution < 1.29 is 18.0 Å². The minimum absolute atomic E-state index is 0.329. The first kappa shape index (κ1) is 14.0. The summed E-state index contributed by atoms with van der Waals surface area (Å²) in [5, 5.41) is 0. The molecule has 0 aromatic rings. The zero-order valence-electron chi connectivity index (χ0n) is 9.33. The van der Waals surface area contributed by atoms with E-state index in [0.29, 0.717) is 12.3 Å². The summed E-state index contributed by atoms with van der Waals surface area (Å²) < 4.78 is 35.5. The predicted octanol–water partition coefficient (Wildman–Crippen LogP) is 3.19. The van der Waals surface area contributed by atoms with Crippen LogP contribution in [0.1, 0.15) is 34.1 Å². The topological polar surface area (TPSA) is 17.1 Å². The number of rotatable bonds is 2. The maximum Gasteiger partial charge on any atom is 0.462 e. The molecule has 0 aliphatic rings. The molecule has 0 saturated heterocycles. The van der Waals surface area contributed by atoms with E-state index in [9.17, 15) is 18.0 Å². The van der Waals surface area contributed by atoms with Crippen molar-refractivity contribution in [1.82, 2.24) is 0 Å². The van der Waals surface area contributed by atoms with Crippen molar-refractivity contribution in [3.8, 4) is 11.8 Å². The van der Waals surface area contributed by atoms with E-state index in [2.05, 4.69) is 5.92 Å². The van der Waals surface area contributed by atoms with Crippen molar-refractivity contribution in [3.63, 3.8) is 0 Å². The predicted molar refractivity (Wildman–Crippen MR) is 52.1 cm³/mol. The maximum absolute atomic E-state index is 11.8. The minimum Gasteiger partial charge on any atom is -0.275 e. The molecule has 0 amide bonds. The first-order valence-corrected chi connectivity index (χ1v) is 4.69. The molecule has 0 aliphatic heterocycles. The van der Waals surface area contributed by atoms with Crippen LogP contribution in [0.3, 0.4) is 0 Å². The average Bonchev–Trinajstić information content (AvgIpc) is 1.95. The Morgan fingerprint density at radius 3 is 2.07 bits per heavy atom. The molecule has 0 radical (unpaired) electrons. The fourth-order valence-corrected chi connectivity index (χ4v) is 1.37. The van der Waals surface area contributed by atoms with Crippen LogP contribution in [0, 0.1) is 23.2 Å². The van der Waals surface area contributed by atoms with E-state index in [1.54, 1.807) is 19.8 Å². The van der Waals surface area contributed by atoms with Crippen molar-refractivity contribution in [3.05, 3.63) is 0 Å². The smallest absolute Gasteiger partial charge is 0.275 e. The summed E-state index contributed by atoms with van der Waals surface area (Å²) in [6, 6.07) is 0. The number of ketones is 1. The molecule has 15 heavy (non-hydrogen) atoms. The van der Waals surface area contributed by atoms with Gasteiger partial charge in [0.25, 0.3) is 0 Å². The molecule has 4 heteroatoms. The zero-order chi connectivity index (χ0) is 12.3. The lowest BCUT2D eigenvalue weighted by Crippen LogP contribution is -2.21. The molecule has 0 fully saturated rings. The standard InChI is InChI=1S/C11H15F3O/c1-8(2)7-10(3,4)6-5-9(15)11(12,13)14/h8H,7H2,1-4H3. The highest BCUT2D eigenvalue weighted by atomic mass is 19.4. The van der Waals surface area contributed by atoms with E-state index < -0.39 is 17.4 Å². The van der Waals surface area contributed by atoms with Crippen LogP contribution < -0.4 is 0 Å². The Kier molecular flexibility index (Phi) is 4.39. The summed E-state index contributed by atoms with van der Waals surface area (Å²) in [5.74, 6) is 2.39. The Morgan fingerprint density at radius 2 is 1.73 bits per heavy atom. The normalized spacial score (nSPS) is 12.3. The zero-order valence-corrected chi connectivity index (χ0v) is 9.33. The lowest BCUT2D eigenvalue weighted by Gasteiger charge is -2.19. The first-order chi connectivity index (χ1) is 6.54. The molecule has 86 valence electrons. The van der Waals surface area contributed by atoms with Gasteiger partial charge in [0.2, 0.25) is 0 Å². The van der Waals surface area contributed by atoms with Crippen molar-refractivity contribution in [1.29, 1.82) is 0 Å². The van der Waals surface area contributed by atoms with Gasteiger partial charge in [-0.15, -0.1) is 0 Å². The highest BCUT2D eigenvalue weighted by Gasteiger charge is 2.37. The maximum atomic E-state index is 11.8. The molecule has 0 aromatic carbocycles. The Bertz CT molecular complexity index is 289. The van der Waals surface area contributed by atoms with Crippen molar-refractivity contribution in [2.45, 2.75) is 40.3 Å². The van der Waals surface area contributed by atoms with E-state index in [1.165, 1.54) is 0 Å². The third-order valence-electron chi connectivity index (χ3n) is 1.69. The molecule has 0 heterocycles. The molecule has 0 rings (SSSR count). The van der Waals surface area contributed by atoms with Gasteiger partial charge in [-0.2, -0.15) is 13.2 Å². The molecule has 0 aliphatic carbocycles. The molecule has 0 spiro atoms. The SMILES string of the molecule is CC(C)CC(C)(C)C#CC(=O)C(F)(F)F. The van der Waals surface area contributed by atoms with Crippen LogP contribution in [0.25, 0.3) is 0 Å². The van der Waals surface area contributed by atoms with Crippen LogP contribution in [0.4, 0.5) is 13.2 Å². The molecule has 0 unspecified atom stereocenters. The van der Waals surface area contributed by atoms with E-state index >= 15 is 0 Å². The van der Waals surface area contributed by atoms with Crippen LogP contribution in [-0.2, 0) is 4.79 Å². The number of hydrogen-bond acceptors (Lipinski definition) is 1. The molecule has 1 nitrogen and oxygen atoms in total. The van der Waals surface area contributed by atoms with Crippen LogP contribution in [-0.4, -0.2) is 12.0 Å². The summed E-state index contributed by atoms with van der Waals surface area (Å²) >= 11 is 0. The van der Waals surface area contributed by atoms with Crippen LogP contribution in [0.5, 0.6) is 0 Å². The summed E-state index contributed by atoms with van der Waals surface area (Å²) in [4.78, 5) is 10.5. The second-order valence-corrected chi connectivity index (χ2v) is 4.56. The third kappa shape index (κ3) is 6.16. The van der Waals surface area contributed by atoms with E-state index in [1.807, 2.05) is 13.8 Å². The Hall–Kier alpha value is -0.980. The van der Waals surface area contributed by atoms with Crippen molar-refractivity contribution in [2.24, 2.45) is 11.3 Å². The summed E-state index contributed by atoms with van der Waals surface area (Å²) in [6.45, 7) is 7.36. The van der Waals surface area contributed by atoms with Gasteiger partial charge >= 0.3 is 12.0 Å². The molecular formula is C11H15F3O. The van der Waals surface area contributed by atoms with Gasteiger partial charge in [-0.3, -0.25) is 4.79 Å². The highest BCUT2D eigenvalue weighted by molar-refractivity contribution is 5.99. The number of carbonyl (C=O) groups is 1. The van der Waals surface area contributed by atoms with Gasteiger partial charge in [-0.05, 0) is 32.1 Å². The molecule has 0 saturated carbocycles. The molecule has 0 bridgehead atoms. The molecule has 0 aromatic heterocycles. The number of halogens is 3. The van der Waals surface area contributed by atoms with Crippen LogP contribution in [0.2, 0.25) is 0 Å². The van der Waals surface area contributed by atoms with Gasteiger partial charge in [0.1, 0.15) is 0 Å². The Labute approximate surface area is 88.0 Å². The number of alkyl halides is 3. The monoisotopic (exact) mass is 220 g/mol. The van der Waals surface area contributed by atoms with Gasteiger partial charge < -0.3 is 0 Å². The van der Waals surface area contributed by atoms with E-state index in [0.717, 1.165) is 0 Å².